The van der Waals surface area contributed by atoms with Crippen LogP contribution < -0.4 is 4.74 Å². The molecule has 0 aliphatic rings. The van der Waals surface area contributed by atoms with Crippen molar-refractivity contribution in [3.05, 3.63) is 29.7 Å². The average molecular weight is 246 g/mol. The molecule has 1 heterocycles. The van der Waals surface area contributed by atoms with Crippen LogP contribution in [0.3, 0.4) is 0 Å². The van der Waals surface area contributed by atoms with Gasteiger partial charge in [0.15, 0.2) is 0 Å². The Morgan fingerprint density at radius 3 is 2.76 bits per heavy atom. The van der Waals surface area contributed by atoms with Gasteiger partial charge in [-0.2, -0.15) is 18.2 Å². The van der Waals surface area contributed by atoms with Crippen LogP contribution in [0.2, 0.25) is 0 Å². The summed E-state index contributed by atoms with van der Waals surface area (Å²) in [4.78, 5) is 6.43. The molecule has 0 saturated carbocycles. The van der Waals surface area contributed by atoms with E-state index in [9.17, 15) is 13.2 Å². The van der Waals surface area contributed by atoms with Crippen molar-refractivity contribution in [3.8, 4) is 5.88 Å². The summed E-state index contributed by atoms with van der Waals surface area (Å²) in [5.41, 5.74) is 0.944. The van der Waals surface area contributed by atoms with Crippen LogP contribution in [0, 0.1) is 0 Å². The largest absolute Gasteiger partial charge is 0.473 e. The number of alkyl halides is 3. The fourth-order valence-electron chi connectivity index (χ4n) is 1.15. The van der Waals surface area contributed by atoms with Crippen molar-refractivity contribution in [2.24, 2.45) is 0 Å². The lowest BCUT2D eigenvalue weighted by atomic mass is 10.3. The van der Waals surface area contributed by atoms with E-state index in [1.165, 1.54) is 6.07 Å². The Balaban J connectivity index is 2.70. The third kappa shape index (κ3) is 4.42. The normalized spacial score (nSPS) is 12.6. The fraction of sp³-hybridized carbons (Fsp3) is 0.455. The number of nitrogens with zero attached hydrogens (tertiary/aromatic N) is 2. The zero-order valence-corrected chi connectivity index (χ0v) is 9.58. The van der Waals surface area contributed by atoms with Crippen LogP contribution in [0.1, 0.15) is 26.1 Å². The smallest absolute Gasteiger partial charge is 0.451 e. The summed E-state index contributed by atoms with van der Waals surface area (Å²) in [5, 5.41) is 0. The highest BCUT2D eigenvalue weighted by Gasteiger charge is 2.34. The van der Waals surface area contributed by atoms with E-state index in [4.69, 9.17) is 4.74 Å². The predicted octanol–water partition coefficient (Wildman–Crippen LogP) is 3.23. The molecular formula is C11H13F3N2O. The molecule has 0 radical (unpaired) electrons. The van der Waals surface area contributed by atoms with Crippen molar-refractivity contribution in [1.82, 2.24) is 9.97 Å². The van der Waals surface area contributed by atoms with Gasteiger partial charge in [-0.05, 0) is 18.9 Å². The van der Waals surface area contributed by atoms with Crippen LogP contribution in [0.25, 0.3) is 0 Å². The lowest BCUT2D eigenvalue weighted by Crippen LogP contribution is -2.12. The molecule has 3 nitrogen and oxygen atoms in total. The molecule has 6 heteroatoms. The number of allylic oxidation sites excluding steroid dienone is 1. The second-order valence-electron chi connectivity index (χ2n) is 3.46. The van der Waals surface area contributed by atoms with E-state index in [1.807, 2.05) is 19.9 Å². The van der Waals surface area contributed by atoms with Gasteiger partial charge in [-0.15, -0.1) is 0 Å². The van der Waals surface area contributed by atoms with E-state index < -0.39 is 12.0 Å². The predicted molar refractivity (Wildman–Crippen MR) is 56.6 cm³/mol. The van der Waals surface area contributed by atoms with E-state index in [1.54, 1.807) is 0 Å². The zero-order chi connectivity index (χ0) is 12.9. The van der Waals surface area contributed by atoms with Crippen molar-refractivity contribution >= 4 is 0 Å². The second kappa shape index (κ2) is 5.65. The molecule has 0 N–H and O–H groups in total. The monoisotopic (exact) mass is 246 g/mol. The Morgan fingerprint density at radius 2 is 2.18 bits per heavy atom. The van der Waals surface area contributed by atoms with E-state index in [2.05, 4.69) is 9.97 Å². The molecule has 0 unspecified atom stereocenters. The Kier molecular flexibility index (Phi) is 4.48. The van der Waals surface area contributed by atoms with Crippen molar-refractivity contribution in [2.75, 3.05) is 6.61 Å². The minimum Gasteiger partial charge on any atom is -0.473 e. The second-order valence-corrected chi connectivity index (χ2v) is 3.46. The first-order valence-corrected chi connectivity index (χ1v) is 5.12. The summed E-state index contributed by atoms with van der Waals surface area (Å²) in [6.07, 6.45) is -0.726. The molecule has 1 aromatic rings. The number of ether oxygens (including phenoxy) is 1. The first-order chi connectivity index (χ1) is 7.93. The maximum Gasteiger partial charge on any atom is 0.451 e. The molecule has 0 spiro atoms. The van der Waals surface area contributed by atoms with E-state index in [0.717, 1.165) is 18.2 Å². The molecular weight excluding hydrogens is 233 g/mol. The van der Waals surface area contributed by atoms with Gasteiger partial charge in [0, 0.05) is 12.3 Å². The lowest BCUT2D eigenvalue weighted by Gasteiger charge is -2.08. The summed E-state index contributed by atoms with van der Waals surface area (Å²) < 4.78 is 42.0. The van der Waals surface area contributed by atoms with Gasteiger partial charge in [0.05, 0.1) is 0 Å². The lowest BCUT2D eigenvalue weighted by molar-refractivity contribution is -0.145. The standard InChI is InChI=1S/C11H13F3N2O/c1-3-4-8(2)7-17-9-5-6-15-10(16-9)11(12,13)14/h4-6H,3,7H2,1-2H3/b8-4+. The van der Waals surface area contributed by atoms with E-state index in [-0.39, 0.29) is 12.5 Å². The summed E-state index contributed by atoms with van der Waals surface area (Å²) in [6.45, 7) is 4.04. The van der Waals surface area contributed by atoms with Crippen LogP contribution in [-0.2, 0) is 6.18 Å². The molecule has 0 atom stereocenters. The van der Waals surface area contributed by atoms with Crippen molar-refractivity contribution in [3.63, 3.8) is 0 Å². The summed E-state index contributed by atoms with van der Waals surface area (Å²) >= 11 is 0. The van der Waals surface area contributed by atoms with Gasteiger partial charge in [0.2, 0.25) is 11.7 Å². The SMILES string of the molecule is CC/C=C(\C)COc1ccnc(C(F)(F)F)n1. The van der Waals surface area contributed by atoms with Crippen LogP contribution in [0.5, 0.6) is 5.88 Å². The number of hydrogen-bond donors (Lipinski definition) is 0. The van der Waals surface area contributed by atoms with Crippen LogP contribution in [-0.4, -0.2) is 16.6 Å². The Hall–Kier alpha value is -1.59. The van der Waals surface area contributed by atoms with Crippen LogP contribution >= 0.6 is 0 Å². The third-order valence-corrected chi connectivity index (χ3v) is 1.88. The molecule has 0 bridgehead atoms. The molecule has 0 aliphatic heterocycles. The minimum absolute atomic E-state index is 0.0730. The summed E-state index contributed by atoms with van der Waals surface area (Å²) in [6, 6.07) is 1.30. The summed E-state index contributed by atoms with van der Waals surface area (Å²) in [7, 11) is 0. The molecule has 0 aliphatic carbocycles. The Morgan fingerprint density at radius 1 is 1.47 bits per heavy atom. The minimum atomic E-state index is -4.55. The van der Waals surface area contributed by atoms with Gasteiger partial charge in [0.1, 0.15) is 6.61 Å². The van der Waals surface area contributed by atoms with Gasteiger partial charge in [0.25, 0.3) is 0 Å². The molecule has 0 saturated heterocycles. The first kappa shape index (κ1) is 13.5. The fourth-order valence-corrected chi connectivity index (χ4v) is 1.15. The highest BCUT2D eigenvalue weighted by molar-refractivity contribution is 5.11. The molecule has 1 rings (SSSR count). The zero-order valence-electron chi connectivity index (χ0n) is 9.58. The molecule has 1 aromatic heterocycles. The summed E-state index contributed by atoms with van der Waals surface area (Å²) in [5.74, 6) is -1.26. The molecule has 17 heavy (non-hydrogen) atoms. The molecule has 0 fully saturated rings. The number of hydrogen-bond acceptors (Lipinski definition) is 3. The van der Waals surface area contributed by atoms with Gasteiger partial charge in [-0.1, -0.05) is 13.0 Å². The van der Waals surface area contributed by atoms with E-state index in [0.29, 0.717) is 0 Å². The Labute approximate surface area is 97.3 Å². The molecule has 0 amide bonds. The quantitative estimate of drug-likeness (QED) is 0.765. The number of aromatic nitrogens is 2. The molecule has 94 valence electrons. The van der Waals surface area contributed by atoms with Gasteiger partial charge < -0.3 is 4.74 Å². The third-order valence-electron chi connectivity index (χ3n) is 1.88. The topological polar surface area (TPSA) is 35.0 Å². The molecule has 0 aromatic carbocycles. The van der Waals surface area contributed by atoms with Gasteiger partial charge >= 0.3 is 6.18 Å². The van der Waals surface area contributed by atoms with Crippen molar-refractivity contribution < 1.29 is 17.9 Å². The maximum atomic E-state index is 12.3. The number of halogens is 3. The van der Waals surface area contributed by atoms with Gasteiger partial charge in [-0.25, -0.2) is 4.98 Å². The van der Waals surface area contributed by atoms with Crippen molar-refractivity contribution in [2.45, 2.75) is 26.4 Å². The highest BCUT2D eigenvalue weighted by Crippen LogP contribution is 2.26. The Bertz CT molecular complexity index is 402. The van der Waals surface area contributed by atoms with Crippen LogP contribution in [0.4, 0.5) is 13.2 Å². The van der Waals surface area contributed by atoms with Crippen molar-refractivity contribution in [1.29, 1.82) is 0 Å². The highest BCUT2D eigenvalue weighted by atomic mass is 19.4. The van der Waals surface area contributed by atoms with Gasteiger partial charge in [-0.3, -0.25) is 0 Å². The first-order valence-electron chi connectivity index (χ1n) is 5.12. The average Bonchev–Trinajstić information content (AvgIpc) is 2.26. The number of rotatable bonds is 4. The maximum absolute atomic E-state index is 12.3. The van der Waals surface area contributed by atoms with Crippen LogP contribution in [0.15, 0.2) is 23.9 Å². The van der Waals surface area contributed by atoms with E-state index >= 15 is 0 Å².